The molecule has 16 heavy (non-hydrogen) atoms. The quantitative estimate of drug-likeness (QED) is 0.648. The van der Waals surface area contributed by atoms with Gasteiger partial charge in [0.05, 0.1) is 13.2 Å². The lowest BCUT2D eigenvalue weighted by Gasteiger charge is -2.17. The number of carbonyl (C=O) groups excluding carboxylic acids is 1. The Hall–Kier alpha value is -0.950. The van der Waals surface area contributed by atoms with E-state index >= 15 is 0 Å². The molecule has 0 aliphatic rings. The zero-order chi connectivity index (χ0) is 12.1. The van der Waals surface area contributed by atoms with Crippen molar-refractivity contribution in [1.82, 2.24) is 0 Å². The van der Waals surface area contributed by atoms with E-state index in [1.165, 1.54) is 18.4 Å². The van der Waals surface area contributed by atoms with Gasteiger partial charge >= 0.3 is 5.97 Å². The largest absolute Gasteiger partial charge is 0.465 e. The van der Waals surface area contributed by atoms with E-state index in [1.807, 2.05) is 0 Å². The van der Waals surface area contributed by atoms with Crippen LogP contribution in [0, 0.1) is 0 Å². The average molecular weight is 245 g/mol. The molecule has 0 saturated heterocycles. The van der Waals surface area contributed by atoms with Gasteiger partial charge in [-0.3, -0.25) is 0 Å². The molecule has 1 rings (SSSR count). The summed E-state index contributed by atoms with van der Waals surface area (Å²) in [6.07, 6.45) is -1.80. The van der Waals surface area contributed by atoms with Crippen molar-refractivity contribution >= 4 is 17.3 Å². The minimum absolute atomic E-state index is 0.274. The second kappa shape index (κ2) is 5.95. The summed E-state index contributed by atoms with van der Waals surface area (Å²) in [7, 11) is 1.27. The molecule has 0 aliphatic heterocycles. The van der Waals surface area contributed by atoms with E-state index in [4.69, 9.17) is 5.73 Å². The van der Waals surface area contributed by atoms with Gasteiger partial charge in [0.2, 0.25) is 0 Å². The monoisotopic (exact) mass is 245 g/mol. The van der Waals surface area contributed by atoms with Gasteiger partial charge in [-0.2, -0.15) is 0 Å². The first kappa shape index (κ1) is 13.1. The van der Waals surface area contributed by atoms with E-state index in [0.717, 1.165) is 0 Å². The third kappa shape index (κ3) is 2.79. The van der Waals surface area contributed by atoms with Gasteiger partial charge in [-0.25, -0.2) is 4.79 Å². The Bertz CT molecular complexity index is 352. The molecule has 2 unspecified atom stereocenters. The smallest absolute Gasteiger partial charge is 0.348 e. The van der Waals surface area contributed by atoms with Crippen molar-refractivity contribution in [3.05, 3.63) is 21.9 Å². The molecule has 5 nitrogen and oxygen atoms in total. The molecule has 2 atom stereocenters. The van der Waals surface area contributed by atoms with Crippen molar-refractivity contribution in [2.75, 3.05) is 13.7 Å². The Morgan fingerprint density at radius 1 is 1.62 bits per heavy atom. The fraction of sp³-hybridized carbons (Fsp3) is 0.500. The number of rotatable bonds is 5. The van der Waals surface area contributed by atoms with Crippen molar-refractivity contribution in [3.63, 3.8) is 0 Å². The van der Waals surface area contributed by atoms with Gasteiger partial charge in [-0.05, 0) is 24.4 Å². The average Bonchev–Trinajstić information content (AvgIpc) is 2.76. The molecule has 6 heteroatoms. The predicted molar refractivity (Wildman–Crippen MR) is 60.3 cm³/mol. The summed E-state index contributed by atoms with van der Waals surface area (Å²) in [5.74, 6) is -0.510. The Kier molecular flexibility index (Phi) is 4.88. The number of nitrogens with two attached hydrogens (primary N) is 1. The molecule has 0 amide bonds. The van der Waals surface area contributed by atoms with E-state index < -0.39 is 18.2 Å². The zero-order valence-electron chi connectivity index (χ0n) is 8.92. The molecule has 1 aromatic rings. The van der Waals surface area contributed by atoms with Crippen LogP contribution in [0.4, 0.5) is 0 Å². The lowest BCUT2D eigenvalue weighted by atomic mass is 10.0. The highest BCUT2D eigenvalue weighted by Gasteiger charge is 2.24. The Balaban J connectivity index is 2.87. The molecule has 0 fully saturated rings. The highest BCUT2D eigenvalue weighted by Crippen LogP contribution is 2.27. The fourth-order valence-electron chi connectivity index (χ4n) is 1.35. The standard InChI is InChI=1S/C10H15NO4S/c1-15-10(14)9-6(3-5-16-9)8(13)7(12)2-4-11/h3,5,7-8,12-13H,2,4,11H2,1H3. The predicted octanol–water partition coefficient (Wildman–Crippen LogP) is 0.278. The van der Waals surface area contributed by atoms with Crippen molar-refractivity contribution in [3.8, 4) is 0 Å². The summed E-state index contributed by atoms with van der Waals surface area (Å²) in [4.78, 5) is 11.7. The maximum absolute atomic E-state index is 11.4. The Morgan fingerprint density at radius 3 is 2.88 bits per heavy atom. The highest BCUT2D eigenvalue weighted by atomic mass is 32.1. The summed E-state index contributed by atoms with van der Waals surface area (Å²) >= 11 is 1.17. The lowest BCUT2D eigenvalue weighted by molar-refractivity contribution is 0.0142. The van der Waals surface area contributed by atoms with Gasteiger partial charge in [0.25, 0.3) is 0 Å². The van der Waals surface area contributed by atoms with Gasteiger partial charge in [0.15, 0.2) is 0 Å². The summed E-state index contributed by atoms with van der Waals surface area (Å²) in [5, 5.41) is 21.1. The molecule has 0 aromatic carbocycles. The molecule has 0 saturated carbocycles. The molecule has 1 aromatic heterocycles. The van der Waals surface area contributed by atoms with E-state index in [0.29, 0.717) is 10.4 Å². The highest BCUT2D eigenvalue weighted by molar-refractivity contribution is 7.12. The third-order valence-corrected chi connectivity index (χ3v) is 3.12. The molecule has 0 bridgehead atoms. The van der Waals surface area contributed by atoms with E-state index in [-0.39, 0.29) is 13.0 Å². The molecule has 0 spiro atoms. The van der Waals surface area contributed by atoms with Crippen LogP contribution < -0.4 is 5.73 Å². The summed E-state index contributed by atoms with van der Waals surface area (Å²) in [6.45, 7) is 0.274. The second-order valence-electron chi connectivity index (χ2n) is 3.29. The number of aliphatic hydroxyl groups excluding tert-OH is 2. The number of methoxy groups -OCH3 is 1. The van der Waals surface area contributed by atoms with Crippen LogP contribution in [0.1, 0.15) is 27.8 Å². The van der Waals surface area contributed by atoms with Crippen molar-refractivity contribution in [2.45, 2.75) is 18.6 Å². The minimum Gasteiger partial charge on any atom is -0.465 e. The lowest BCUT2D eigenvalue weighted by Crippen LogP contribution is -2.22. The normalized spacial score (nSPS) is 14.5. The van der Waals surface area contributed by atoms with Crippen molar-refractivity contribution < 1.29 is 19.7 Å². The number of aliphatic hydroxyl groups is 2. The number of hydrogen-bond donors (Lipinski definition) is 3. The van der Waals surface area contributed by atoms with Gasteiger partial charge in [-0.1, -0.05) is 0 Å². The molecule has 90 valence electrons. The first-order valence-corrected chi connectivity index (χ1v) is 5.71. The zero-order valence-corrected chi connectivity index (χ0v) is 9.74. The van der Waals surface area contributed by atoms with Gasteiger partial charge < -0.3 is 20.7 Å². The first-order valence-electron chi connectivity index (χ1n) is 4.83. The fourth-order valence-corrected chi connectivity index (χ4v) is 2.20. The van der Waals surface area contributed by atoms with Crippen LogP contribution in [0.25, 0.3) is 0 Å². The molecular weight excluding hydrogens is 230 g/mol. The Labute approximate surface area is 97.5 Å². The van der Waals surface area contributed by atoms with Crippen molar-refractivity contribution in [1.29, 1.82) is 0 Å². The van der Waals surface area contributed by atoms with E-state index in [9.17, 15) is 15.0 Å². The molecule has 4 N–H and O–H groups in total. The number of ether oxygens (including phenoxy) is 1. The van der Waals surface area contributed by atoms with Crippen molar-refractivity contribution in [2.24, 2.45) is 5.73 Å². The Morgan fingerprint density at radius 2 is 2.31 bits per heavy atom. The summed E-state index contributed by atoms with van der Waals surface area (Å²) in [5.41, 5.74) is 5.67. The third-order valence-electron chi connectivity index (χ3n) is 2.21. The van der Waals surface area contributed by atoms with Crippen LogP contribution in [0.3, 0.4) is 0 Å². The van der Waals surface area contributed by atoms with E-state index in [2.05, 4.69) is 4.74 Å². The van der Waals surface area contributed by atoms with Gasteiger partial charge in [-0.15, -0.1) is 11.3 Å². The minimum atomic E-state index is -1.11. The molecule has 0 aliphatic carbocycles. The summed E-state index contributed by atoms with van der Waals surface area (Å²) in [6, 6.07) is 1.60. The van der Waals surface area contributed by atoms with Crippen LogP contribution in [-0.4, -0.2) is 35.9 Å². The van der Waals surface area contributed by atoms with E-state index in [1.54, 1.807) is 11.4 Å². The first-order chi connectivity index (χ1) is 7.61. The molecule has 0 radical (unpaired) electrons. The van der Waals surface area contributed by atoms with Crippen LogP contribution in [0.2, 0.25) is 0 Å². The molecule has 1 heterocycles. The summed E-state index contributed by atoms with van der Waals surface area (Å²) < 4.78 is 4.58. The van der Waals surface area contributed by atoms with Gasteiger partial charge in [0, 0.05) is 5.56 Å². The van der Waals surface area contributed by atoms with Crippen LogP contribution in [0.15, 0.2) is 11.4 Å². The van der Waals surface area contributed by atoms with Gasteiger partial charge in [0.1, 0.15) is 11.0 Å². The number of hydrogen-bond acceptors (Lipinski definition) is 6. The topological polar surface area (TPSA) is 92.8 Å². The number of thiophene rings is 1. The number of esters is 1. The maximum atomic E-state index is 11.4. The molecular formula is C10H15NO4S. The van der Waals surface area contributed by atoms with Crippen LogP contribution >= 0.6 is 11.3 Å². The number of carbonyl (C=O) groups is 1. The maximum Gasteiger partial charge on any atom is 0.348 e. The van der Waals surface area contributed by atoms with Crippen LogP contribution in [-0.2, 0) is 4.74 Å². The second-order valence-corrected chi connectivity index (χ2v) is 4.20. The van der Waals surface area contributed by atoms with Crippen LogP contribution in [0.5, 0.6) is 0 Å². The SMILES string of the molecule is COC(=O)c1sccc1C(O)C(O)CCN.